The Labute approximate surface area is 312 Å². The zero-order valence-corrected chi connectivity index (χ0v) is 30.0. The first-order chi connectivity index (χ1) is 26.1. The molecule has 0 bridgehead atoms. The highest BCUT2D eigenvalue weighted by Gasteiger charge is 2.23. The van der Waals surface area contributed by atoms with E-state index < -0.39 is 57.1 Å². The van der Waals surface area contributed by atoms with E-state index in [2.05, 4.69) is 48.0 Å². The number of ketones is 1. The second-order valence-electron chi connectivity index (χ2n) is 11.7. The van der Waals surface area contributed by atoms with E-state index in [4.69, 9.17) is 9.29 Å². The molecule has 55 heavy (non-hydrogen) atoms. The molecular weight excluding hydrogens is 740 g/mol. The van der Waals surface area contributed by atoms with Gasteiger partial charge in [-0.15, -0.1) is 0 Å². The fourth-order valence-corrected chi connectivity index (χ4v) is 5.24. The van der Waals surface area contributed by atoms with Gasteiger partial charge in [-0.3, -0.25) is 28.5 Å². The molecule has 0 fully saturated rings. The van der Waals surface area contributed by atoms with Crippen LogP contribution in [0.4, 0.5) is 17.1 Å². The number of hydrogen-bond donors (Lipinski definition) is 7. The van der Waals surface area contributed by atoms with Crippen molar-refractivity contribution < 1.29 is 46.5 Å². The van der Waals surface area contributed by atoms with E-state index in [1.54, 1.807) is 6.07 Å². The Balaban J connectivity index is 1.44. The Hall–Kier alpha value is -6.80. The molecule has 0 saturated carbocycles. The molecule has 0 aliphatic rings. The highest BCUT2D eigenvalue weighted by molar-refractivity contribution is 7.85. The van der Waals surface area contributed by atoms with Crippen LogP contribution in [0.5, 0.6) is 0 Å². The quantitative estimate of drug-likeness (QED) is 0.0193. The fraction of sp³-hybridized carbons (Fsp3) is 0.229. The van der Waals surface area contributed by atoms with E-state index in [-0.39, 0.29) is 60.1 Å². The monoisotopic (exact) mass is 776 g/mol. The lowest BCUT2D eigenvalue weighted by atomic mass is 10.1. The van der Waals surface area contributed by atoms with E-state index >= 15 is 0 Å². The molecular formula is C35H36N8O11S. The molecule has 4 aromatic rings. The molecule has 20 heteroatoms. The van der Waals surface area contributed by atoms with Crippen molar-refractivity contribution in [3.8, 4) is 0 Å². The summed E-state index contributed by atoms with van der Waals surface area (Å²) < 4.78 is 36.0. The number of rotatable bonds is 18. The third-order valence-electron chi connectivity index (χ3n) is 7.43. The molecule has 0 spiro atoms. The number of anilines is 2. The number of aromatic nitrogens is 2. The summed E-state index contributed by atoms with van der Waals surface area (Å²) in [6.07, 6.45) is 1.29. The molecule has 3 aromatic carbocycles. The molecule has 1 aromatic heterocycles. The Bertz CT molecular complexity index is 2320. The van der Waals surface area contributed by atoms with Crippen LogP contribution in [0.15, 0.2) is 88.3 Å². The molecule has 4 amide bonds. The van der Waals surface area contributed by atoms with Crippen molar-refractivity contribution in [1.82, 2.24) is 20.6 Å². The van der Waals surface area contributed by atoms with Gasteiger partial charge in [-0.2, -0.15) is 18.6 Å². The molecule has 1 heterocycles. The lowest BCUT2D eigenvalue weighted by Gasteiger charge is -2.12. The number of ether oxygens (including phenoxy) is 1. The molecule has 0 radical (unpaired) electrons. The standard InChI is InChI=1S/C35H36N8O11S/c1-3-29(45)36-12-4-13-37-31(46)22-16-23(34(49)54-14-5-15-55(51,52)53)18-26(17-22)39-32(47)21-6-8-24(9-7-21)42-43-30(20(2)44)33(48)38-25-10-11-27-28(19-25)41-35(50)40-27/h3,6-11,16-19,30H,1,4-5,12-15H2,2H3,(H,36,45)(H,37,46)(H,38,48)(H,39,47)(H2,40,41,50)(H,51,52,53)/b43-42+. The lowest BCUT2D eigenvalue weighted by molar-refractivity contribution is -0.126. The second-order valence-corrected chi connectivity index (χ2v) is 13.3. The maximum atomic E-state index is 13.2. The van der Waals surface area contributed by atoms with Crippen LogP contribution >= 0.6 is 0 Å². The van der Waals surface area contributed by atoms with Crippen LogP contribution in [-0.2, 0) is 29.2 Å². The van der Waals surface area contributed by atoms with Crippen molar-refractivity contribution in [3.63, 3.8) is 0 Å². The van der Waals surface area contributed by atoms with Gasteiger partial charge in [0.05, 0.1) is 34.6 Å². The van der Waals surface area contributed by atoms with Crippen LogP contribution in [0.25, 0.3) is 11.0 Å². The number of fused-ring (bicyclic) bond motifs is 1. The molecule has 1 atom stereocenters. The van der Waals surface area contributed by atoms with E-state index in [1.807, 2.05) is 0 Å². The predicted octanol–water partition coefficient (Wildman–Crippen LogP) is 2.65. The maximum absolute atomic E-state index is 13.2. The number of azo groups is 1. The number of carbonyl (C=O) groups excluding carboxylic acids is 6. The van der Waals surface area contributed by atoms with Gasteiger partial charge >= 0.3 is 11.7 Å². The number of esters is 1. The molecule has 4 rings (SSSR count). The number of hydrogen-bond acceptors (Lipinski definition) is 12. The van der Waals surface area contributed by atoms with E-state index in [0.717, 1.165) is 6.08 Å². The van der Waals surface area contributed by atoms with E-state index in [0.29, 0.717) is 23.1 Å². The first-order valence-corrected chi connectivity index (χ1v) is 18.0. The molecule has 19 nitrogen and oxygen atoms in total. The average Bonchev–Trinajstić information content (AvgIpc) is 3.51. The predicted molar refractivity (Wildman–Crippen MR) is 199 cm³/mol. The second kappa shape index (κ2) is 18.8. The summed E-state index contributed by atoms with van der Waals surface area (Å²) in [6.45, 7) is 4.57. The van der Waals surface area contributed by atoms with Crippen molar-refractivity contribution in [2.24, 2.45) is 10.2 Å². The SMILES string of the molecule is C=CC(=O)NCCCNC(=O)c1cc(NC(=O)c2ccc(/N=N/C(C(C)=O)C(=O)Nc3ccc4[nH]c(=O)[nH]c4c3)cc2)cc(C(=O)OCCCS(=O)(=O)O)c1. The topological polar surface area (TPSA) is 288 Å². The minimum Gasteiger partial charge on any atom is -0.462 e. The molecule has 288 valence electrons. The fourth-order valence-electron chi connectivity index (χ4n) is 4.76. The Kier molecular flexibility index (Phi) is 14.0. The Morgan fingerprint density at radius 2 is 1.53 bits per heavy atom. The Morgan fingerprint density at radius 3 is 2.22 bits per heavy atom. The van der Waals surface area contributed by atoms with Crippen LogP contribution in [0.2, 0.25) is 0 Å². The van der Waals surface area contributed by atoms with Gasteiger partial charge in [0.25, 0.3) is 27.8 Å². The van der Waals surface area contributed by atoms with E-state index in [9.17, 15) is 42.0 Å². The third-order valence-corrected chi connectivity index (χ3v) is 8.23. The van der Waals surface area contributed by atoms with Crippen LogP contribution < -0.4 is 27.0 Å². The number of H-pyrrole nitrogens is 2. The summed E-state index contributed by atoms with van der Waals surface area (Å²) >= 11 is 0. The summed E-state index contributed by atoms with van der Waals surface area (Å²) in [5.74, 6) is -4.58. The number of nitrogens with one attached hydrogen (secondary N) is 6. The van der Waals surface area contributed by atoms with Gasteiger partial charge in [0, 0.05) is 35.6 Å². The highest BCUT2D eigenvalue weighted by atomic mass is 32.2. The smallest absolute Gasteiger partial charge is 0.338 e. The zero-order chi connectivity index (χ0) is 40.1. The van der Waals surface area contributed by atoms with Gasteiger partial charge < -0.3 is 36.0 Å². The number of Topliss-reactive ketones (excluding diaryl/α,β-unsaturated/α-hetero) is 1. The van der Waals surface area contributed by atoms with Crippen molar-refractivity contribution in [1.29, 1.82) is 0 Å². The van der Waals surface area contributed by atoms with Gasteiger partial charge in [0.2, 0.25) is 11.9 Å². The van der Waals surface area contributed by atoms with Gasteiger partial charge in [0.1, 0.15) is 0 Å². The third kappa shape index (κ3) is 12.7. The van der Waals surface area contributed by atoms with Crippen LogP contribution in [-0.4, -0.2) is 89.8 Å². The summed E-state index contributed by atoms with van der Waals surface area (Å²) in [6, 6.07) is 12.5. The van der Waals surface area contributed by atoms with Crippen molar-refractivity contribution >= 4 is 73.6 Å². The normalized spacial score (nSPS) is 11.7. The minimum absolute atomic E-state index is 0.0295. The summed E-state index contributed by atoms with van der Waals surface area (Å²) in [4.78, 5) is 92.1. The first-order valence-electron chi connectivity index (χ1n) is 16.4. The number of aromatic amines is 2. The molecule has 0 saturated heterocycles. The maximum Gasteiger partial charge on any atom is 0.338 e. The van der Waals surface area contributed by atoms with Crippen LogP contribution in [0.1, 0.15) is 50.8 Å². The zero-order valence-electron chi connectivity index (χ0n) is 29.2. The van der Waals surface area contributed by atoms with Crippen molar-refractivity contribution in [2.75, 3.05) is 36.1 Å². The van der Waals surface area contributed by atoms with Crippen LogP contribution in [0, 0.1) is 0 Å². The average molecular weight is 777 g/mol. The number of amides is 4. The van der Waals surface area contributed by atoms with Crippen molar-refractivity contribution in [3.05, 3.63) is 100 Å². The molecule has 7 N–H and O–H groups in total. The van der Waals surface area contributed by atoms with Crippen LogP contribution in [0.3, 0.4) is 0 Å². The number of carbonyl (C=O) groups is 6. The molecule has 0 aliphatic heterocycles. The van der Waals surface area contributed by atoms with Gasteiger partial charge in [-0.1, -0.05) is 6.58 Å². The summed E-state index contributed by atoms with van der Waals surface area (Å²) in [5, 5.41) is 18.2. The molecule has 0 aliphatic carbocycles. The first kappa shape index (κ1) is 41.0. The Morgan fingerprint density at radius 1 is 0.836 bits per heavy atom. The molecule has 1 unspecified atom stereocenters. The summed E-state index contributed by atoms with van der Waals surface area (Å²) in [7, 11) is -4.27. The van der Waals surface area contributed by atoms with E-state index in [1.165, 1.54) is 61.5 Å². The largest absolute Gasteiger partial charge is 0.462 e. The summed E-state index contributed by atoms with van der Waals surface area (Å²) in [5.41, 5.74) is 1.02. The van der Waals surface area contributed by atoms with Gasteiger partial charge in [-0.05, 0) is 86.5 Å². The van der Waals surface area contributed by atoms with Crippen molar-refractivity contribution in [2.45, 2.75) is 25.8 Å². The minimum atomic E-state index is -4.27. The van der Waals surface area contributed by atoms with Gasteiger partial charge in [-0.25, -0.2) is 9.59 Å². The lowest BCUT2D eigenvalue weighted by Crippen LogP contribution is -2.31. The van der Waals surface area contributed by atoms with Gasteiger partial charge in [0.15, 0.2) is 5.78 Å². The highest BCUT2D eigenvalue weighted by Crippen LogP contribution is 2.20. The number of nitrogens with zero attached hydrogens (tertiary/aromatic N) is 2. The number of benzene rings is 3. The number of imidazole rings is 1.